The van der Waals surface area contributed by atoms with Crippen molar-refractivity contribution in [1.29, 1.82) is 5.41 Å². The zero-order valence-corrected chi connectivity index (χ0v) is 12.7. The van der Waals surface area contributed by atoms with Gasteiger partial charge in [-0.3, -0.25) is 10.3 Å². The van der Waals surface area contributed by atoms with Gasteiger partial charge in [-0.05, 0) is 50.2 Å². The average Bonchev–Trinajstić information content (AvgIpc) is 2.43. The summed E-state index contributed by atoms with van der Waals surface area (Å²) in [5, 5.41) is 7.42. The minimum Gasteiger partial charge on any atom is -0.388 e. The summed E-state index contributed by atoms with van der Waals surface area (Å²) in [4.78, 5) is 2.47. The molecule has 1 atom stereocenters. The molecule has 0 heterocycles. The van der Waals surface area contributed by atoms with Crippen molar-refractivity contribution in [2.75, 3.05) is 13.1 Å². The number of benzene rings is 1. The molecule has 3 nitrogen and oxygen atoms in total. The van der Waals surface area contributed by atoms with Gasteiger partial charge in [-0.2, -0.15) is 0 Å². The molecule has 20 heavy (non-hydrogen) atoms. The summed E-state index contributed by atoms with van der Waals surface area (Å²) in [5.74, 6) is 0.925. The van der Waals surface area contributed by atoms with Gasteiger partial charge in [-0.25, -0.2) is 0 Å². The van der Waals surface area contributed by atoms with Gasteiger partial charge in [0.05, 0.1) is 5.84 Å². The van der Waals surface area contributed by atoms with Crippen molar-refractivity contribution < 1.29 is 0 Å². The Hall–Kier alpha value is -1.35. The van der Waals surface area contributed by atoms with Crippen LogP contribution in [0.25, 0.3) is 0 Å². The maximum absolute atomic E-state index is 7.42. The van der Waals surface area contributed by atoms with Gasteiger partial charge >= 0.3 is 0 Å². The van der Waals surface area contributed by atoms with Gasteiger partial charge in [0.15, 0.2) is 0 Å². The van der Waals surface area contributed by atoms with Crippen LogP contribution in [0.2, 0.25) is 0 Å². The first-order valence-electron chi connectivity index (χ1n) is 7.72. The topological polar surface area (TPSA) is 53.1 Å². The fourth-order valence-electron chi connectivity index (χ4n) is 3.15. The van der Waals surface area contributed by atoms with E-state index >= 15 is 0 Å². The normalized spacial score (nSPS) is 18.3. The average molecular weight is 273 g/mol. The highest BCUT2D eigenvalue weighted by Gasteiger charge is 2.23. The molecule has 110 valence electrons. The van der Waals surface area contributed by atoms with Crippen LogP contribution in [0.15, 0.2) is 24.3 Å². The van der Waals surface area contributed by atoms with Gasteiger partial charge in [0.25, 0.3) is 0 Å². The lowest BCUT2D eigenvalue weighted by molar-refractivity contribution is 0.207. The fraction of sp³-hybridized carbons (Fsp3) is 0.588. The van der Waals surface area contributed by atoms with Crippen molar-refractivity contribution in [1.82, 2.24) is 4.90 Å². The van der Waals surface area contributed by atoms with E-state index in [0.717, 1.165) is 13.1 Å². The number of hydrogen-bond donors (Lipinski definition) is 2. The van der Waals surface area contributed by atoms with Crippen LogP contribution in [0.4, 0.5) is 0 Å². The summed E-state index contributed by atoms with van der Waals surface area (Å²) in [6.45, 7) is 6.44. The van der Waals surface area contributed by atoms with Gasteiger partial charge in [0.2, 0.25) is 0 Å². The van der Waals surface area contributed by atoms with Gasteiger partial charge in [-0.15, -0.1) is 0 Å². The standard InChI is InChI=1S/C17H27N3/c1-13(2)20(11-10-17(18)19)12-15-8-5-7-14-6-3-4-9-16(14)15/h3-4,6,9,13,15H,5,7-8,10-12H2,1-2H3,(H3,18,19). The summed E-state index contributed by atoms with van der Waals surface area (Å²) in [6, 6.07) is 9.38. The Labute approximate surface area is 122 Å². The molecule has 1 aliphatic carbocycles. The maximum atomic E-state index is 7.42. The molecule has 1 unspecified atom stereocenters. The summed E-state index contributed by atoms with van der Waals surface area (Å²) in [5.41, 5.74) is 8.57. The van der Waals surface area contributed by atoms with Crippen LogP contribution in [0.3, 0.4) is 0 Å². The highest BCUT2D eigenvalue weighted by Crippen LogP contribution is 2.32. The van der Waals surface area contributed by atoms with Gasteiger partial charge in [0.1, 0.15) is 0 Å². The van der Waals surface area contributed by atoms with Crippen LogP contribution in [0, 0.1) is 5.41 Å². The van der Waals surface area contributed by atoms with E-state index in [4.69, 9.17) is 11.1 Å². The monoisotopic (exact) mass is 273 g/mol. The van der Waals surface area contributed by atoms with Crippen LogP contribution in [0.1, 0.15) is 50.2 Å². The van der Waals surface area contributed by atoms with E-state index in [9.17, 15) is 0 Å². The first-order chi connectivity index (χ1) is 9.58. The largest absolute Gasteiger partial charge is 0.388 e. The van der Waals surface area contributed by atoms with Crippen LogP contribution in [-0.2, 0) is 6.42 Å². The molecule has 1 aromatic rings. The van der Waals surface area contributed by atoms with Crippen LogP contribution in [-0.4, -0.2) is 29.9 Å². The first kappa shape index (κ1) is 15.0. The van der Waals surface area contributed by atoms with E-state index in [1.165, 1.54) is 30.4 Å². The van der Waals surface area contributed by atoms with Crippen LogP contribution in [0.5, 0.6) is 0 Å². The number of hydrogen-bond acceptors (Lipinski definition) is 2. The van der Waals surface area contributed by atoms with Crippen LogP contribution < -0.4 is 5.73 Å². The van der Waals surface area contributed by atoms with Crippen LogP contribution >= 0.6 is 0 Å². The highest BCUT2D eigenvalue weighted by atomic mass is 15.1. The van der Waals surface area contributed by atoms with Crippen molar-refractivity contribution in [2.45, 2.75) is 51.5 Å². The molecule has 1 aliphatic rings. The minimum absolute atomic E-state index is 0.291. The van der Waals surface area contributed by atoms with Crippen molar-refractivity contribution in [2.24, 2.45) is 5.73 Å². The summed E-state index contributed by atoms with van der Waals surface area (Å²) >= 11 is 0. The molecule has 0 aromatic heterocycles. The molecule has 0 amide bonds. The Bertz CT molecular complexity index is 453. The number of nitrogens with zero attached hydrogens (tertiary/aromatic N) is 1. The summed E-state index contributed by atoms with van der Waals surface area (Å²) < 4.78 is 0. The SMILES string of the molecule is CC(C)N(CCC(=N)N)CC1CCCc2ccccc21. The van der Waals surface area contributed by atoms with E-state index in [1.54, 1.807) is 0 Å². The first-order valence-corrected chi connectivity index (χ1v) is 7.72. The minimum atomic E-state index is 0.291. The van der Waals surface area contributed by atoms with Gasteiger partial charge < -0.3 is 5.73 Å². The zero-order chi connectivity index (χ0) is 14.5. The quantitative estimate of drug-likeness (QED) is 0.618. The summed E-state index contributed by atoms with van der Waals surface area (Å²) in [6.07, 6.45) is 4.47. The zero-order valence-electron chi connectivity index (χ0n) is 12.7. The Morgan fingerprint density at radius 2 is 2.15 bits per heavy atom. The lowest BCUT2D eigenvalue weighted by Gasteiger charge is -2.33. The molecule has 1 aromatic carbocycles. The van der Waals surface area contributed by atoms with Crippen molar-refractivity contribution in [3.8, 4) is 0 Å². The van der Waals surface area contributed by atoms with Crippen molar-refractivity contribution in [3.63, 3.8) is 0 Å². The smallest absolute Gasteiger partial charge is 0.0918 e. The number of amidine groups is 1. The molecular weight excluding hydrogens is 246 g/mol. The van der Waals surface area contributed by atoms with Gasteiger partial charge in [-0.1, -0.05) is 24.3 Å². The second kappa shape index (κ2) is 6.89. The van der Waals surface area contributed by atoms with Gasteiger partial charge in [0, 0.05) is 25.6 Å². The molecule has 0 saturated carbocycles. The molecule has 3 heteroatoms. The Kier molecular flexibility index (Phi) is 5.18. The molecule has 3 N–H and O–H groups in total. The predicted octanol–water partition coefficient (Wildman–Crippen LogP) is 3.14. The number of rotatable bonds is 6. The Morgan fingerprint density at radius 1 is 1.40 bits per heavy atom. The molecule has 0 fully saturated rings. The lowest BCUT2D eigenvalue weighted by Crippen LogP contribution is -2.37. The van der Waals surface area contributed by atoms with E-state index in [1.807, 2.05) is 0 Å². The molecule has 0 bridgehead atoms. The molecule has 2 rings (SSSR count). The highest BCUT2D eigenvalue weighted by molar-refractivity contribution is 5.76. The summed E-state index contributed by atoms with van der Waals surface area (Å²) in [7, 11) is 0. The number of aryl methyl sites for hydroxylation is 1. The fourth-order valence-corrected chi connectivity index (χ4v) is 3.15. The third-order valence-electron chi connectivity index (χ3n) is 4.35. The van der Waals surface area contributed by atoms with Crippen molar-refractivity contribution >= 4 is 5.84 Å². The number of fused-ring (bicyclic) bond motifs is 1. The second-order valence-electron chi connectivity index (χ2n) is 6.15. The molecule has 0 radical (unpaired) electrons. The Morgan fingerprint density at radius 3 is 2.85 bits per heavy atom. The molecular formula is C17H27N3. The Balaban J connectivity index is 2.05. The third-order valence-corrected chi connectivity index (χ3v) is 4.35. The molecule has 0 aliphatic heterocycles. The van der Waals surface area contributed by atoms with E-state index in [0.29, 0.717) is 24.2 Å². The third kappa shape index (κ3) is 3.83. The molecule has 0 saturated heterocycles. The van der Waals surface area contributed by atoms with E-state index in [2.05, 4.69) is 43.0 Å². The van der Waals surface area contributed by atoms with Crippen molar-refractivity contribution in [3.05, 3.63) is 35.4 Å². The van der Waals surface area contributed by atoms with E-state index in [-0.39, 0.29) is 0 Å². The van der Waals surface area contributed by atoms with E-state index < -0.39 is 0 Å². The lowest BCUT2D eigenvalue weighted by atomic mass is 9.82. The maximum Gasteiger partial charge on any atom is 0.0918 e. The number of nitrogens with two attached hydrogens (primary N) is 1. The predicted molar refractivity (Wildman–Crippen MR) is 85.4 cm³/mol. The second-order valence-corrected chi connectivity index (χ2v) is 6.15. The number of nitrogens with one attached hydrogen (secondary N) is 1. The molecule has 0 spiro atoms.